The summed E-state index contributed by atoms with van der Waals surface area (Å²) in [6, 6.07) is 6.33. The molecular formula is C17H22N4O3S. The Bertz CT molecular complexity index is 883. The number of carbonyl (C=O) groups excluding carboxylic acids is 1. The van der Waals surface area contributed by atoms with Crippen molar-refractivity contribution in [1.29, 1.82) is 0 Å². The van der Waals surface area contributed by atoms with Gasteiger partial charge in [-0.3, -0.25) is 9.89 Å². The lowest BCUT2D eigenvalue weighted by atomic mass is 9.63. The predicted molar refractivity (Wildman–Crippen MR) is 92.8 cm³/mol. The van der Waals surface area contributed by atoms with Crippen molar-refractivity contribution < 1.29 is 13.2 Å². The molecule has 7 nitrogen and oxygen atoms in total. The number of amides is 1. The Hall–Kier alpha value is -2.22. The highest BCUT2D eigenvalue weighted by Crippen LogP contribution is 2.44. The zero-order chi connectivity index (χ0) is 18.2. The summed E-state index contributed by atoms with van der Waals surface area (Å²) in [6.07, 6.45) is 3.64. The number of benzene rings is 1. The molecule has 25 heavy (non-hydrogen) atoms. The largest absolute Gasteiger partial charge is 0.346 e. The van der Waals surface area contributed by atoms with Gasteiger partial charge >= 0.3 is 0 Å². The van der Waals surface area contributed by atoms with Crippen LogP contribution in [-0.2, 0) is 20.0 Å². The van der Waals surface area contributed by atoms with Gasteiger partial charge in [-0.05, 0) is 44.4 Å². The van der Waals surface area contributed by atoms with Crippen LogP contribution in [0.1, 0.15) is 49.4 Å². The first-order valence-corrected chi connectivity index (χ1v) is 10.1. The van der Waals surface area contributed by atoms with Gasteiger partial charge < -0.3 is 5.32 Å². The summed E-state index contributed by atoms with van der Waals surface area (Å²) >= 11 is 0. The maximum absolute atomic E-state index is 12.9. The molecule has 2 N–H and O–H groups in total. The van der Waals surface area contributed by atoms with Crippen LogP contribution in [0.2, 0.25) is 0 Å². The number of aryl methyl sites for hydroxylation is 1. The fraction of sp³-hybridized carbons (Fsp3) is 0.471. The molecule has 134 valence electrons. The second-order valence-electron chi connectivity index (χ2n) is 6.71. The number of hydrogen-bond donors (Lipinski definition) is 2. The molecule has 1 aliphatic carbocycles. The number of nitrogens with one attached hydrogen (secondary N) is 2. The number of aromatic nitrogens is 3. The molecule has 3 rings (SSSR count). The van der Waals surface area contributed by atoms with Gasteiger partial charge in [0.05, 0.1) is 16.4 Å². The molecule has 1 saturated carbocycles. The summed E-state index contributed by atoms with van der Waals surface area (Å²) in [4.78, 5) is 17.4. The average molecular weight is 362 g/mol. The van der Waals surface area contributed by atoms with Gasteiger partial charge in [0.2, 0.25) is 5.91 Å². The molecule has 2 aromatic rings. The first kappa shape index (κ1) is 17.6. The fourth-order valence-corrected chi connectivity index (χ4v) is 3.78. The molecule has 0 saturated heterocycles. The maximum Gasteiger partial charge on any atom is 0.231 e. The smallest absolute Gasteiger partial charge is 0.231 e. The van der Waals surface area contributed by atoms with E-state index in [1.165, 1.54) is 6.26 Å². The van der Waals surface area contributed by atoms with Crippen LogP contribution in [0.3, 0.4) is 0 Å². The van der Waals surface area contributed by atoms with Gasteiger partial charge in [0, 0.05) is 6.26 Å². The molecule has 8 heteroatoms. The molecule has 0 bridgehead atoms. The Morgan fingerprint density at radius 3 is 2.36 bits per heavy atom. The highest BCUT2D eigenvalue weighted by Gasteiger charge is 2.46. The Labute approximate surface area is 147 Å². The van der Waals surface area contributed by atoms with Gasteiger partial charge in [-0.2, -0.15) is 5.10 Å². The number of H-pyrrole nitrogens is 1. The van der Waals surface area contributed by atoms with Crippen molar-refractivity contribution in [3.05, 3.63) is 41.5 Å². The zero-order valence-corrected chi connectivity index (χ0v) is 15.4. The van der Waals surface area contributed by atoms with Crippen molar-refractivity contribution in [2.75, 3.05) is 6.26 Å². The lowest BCUT2D eigenvalue weighted by Gasteiger charge is -2.41. The molecule has 1 fully saturated rings. The molecule has 1 aliphatic rings. The molecule has 1 amide bonds. The Morgan fingerprint density at radius 1 is 1.28 bits per heavy atom. The molecule has 0 radical (unpaired) electrons. The van der Waals surface area contributed by atoms with Crippen LogP contribution >= 0.6 is 0 Å². The minimum atomic E-state index is -3.25. The zero-order valence-electron chi connectivity index (χ0n) is 14.5. The summed E-state index contributed by atoms with van der Waals surface area (Å²) in [5.74, 6) is 1.18. The SMILES string of the molecule is Cc1nc([C@H](C)NC(=O)C2(c3ccc(S(C)(=O)=O)cc3)CCC2)n[nH]1. The monoisotopic (exact) mass is 362 g/mol. The lowest BCUT2D eigenvalue weighted by molar-refractivity contribution is -0.130. The second kappa shape index (κ2) is 6.25. The van der Waals surface area contributed by atoms with E-state index in [0.717, 1.165) is 24.8 Å². The van der Waals surface area contributed by atoms with Crippen molar-refractivity contribution >= 4 is 15.7 Å². The minimum Gasteiger partial charge on any atom is -0.346 e. The van der Waals surface area contributed by atoms with E-state index >= 15 is 0 Å². The van der Waals surface area contributed by atoms with Gasteiger partial charge in [0.15, 0.2) is 15.7 Å². The van der Waals surface area contributed by atoms with Gasteiger partial charge in [0.25, 0.3) is 0 Å². The second-order valence-corrected chi connectivity index (χ2v) is 8.72. The van der Waals surface area contributed by atoms with E-state index in [9.17, 15) is 13.2 Å². The minimum absolute atomic E-state index is 0.0687. The topological polar surface area (TPSA) is 105 Å². The number of aromatic amines is 1. The summed E-state index contributed by atoms with van der Waals surface area (Å²) in [6.45, 7) is 3.65. The van der Waals surface area contributed by atoms with Crippen molar-refractivity contribution in [2.45, 2.75) is 49.5 Å². The third kappa shape index (κ3) is 3.30. The van der Waals surface area contributed by atoms with E-state index in [1.54, 1.807) is 24.3 Å². The van der Waals surface area contributed by atoms with Crippen molar-refractivity contribution in [2.24, 2.45) is 0 Å². The lowest BCUT2D eigenvalue weighted by Crippen LogP contribution is -2.49. The molecule has 1 atom stereocenters. The maximum atomic E-state index is 12.9. The van der Waals surface area contributed by atoms with Crippen LogP contribution in [0.15, 0.2) is 29.2 Å². The van der Waals surface area contributed by atoms with E-state index < -0.39 is 15.3 Å². The summed E-state index contributed by atoms with van der Waals surface area (Å²) in [5.41, 5.74) is 0.248. The van der Waals surface area contributed by atoms with Gasteiger partial charge in [0.1, 0.15) is 5.82 Å². The highest BCUT2D eigenvalue weighted by atomic mass is 32.2. The molecule has 0 spiro atoms. The number of rotatable bonds is 5. The molecule has 1 heterocycles. The standard InChI is InChI=1S/C17H22N4O3S/c1-11(15-19-12(2)20-21-15)18-16(22)17(9-4-10-17)13-5-7-14(8-6-13)25(3,23)24/h5-8,11H,4,9-10H2,1-3H3,(H,18,22)(H,19,20,21)/t11-/m0/s1. The number of nitrogens with zero attached hydrogens (tertiary/aromatic N) is 2. The summed E-state index contributed by atoms with van der Waals surface area (Å²) in [7, 11) is -3.25. The molecule has 1 aromatic heterocycles. The van der Waals surface area contributed by atoms with Crippen LogP contribution in [0, 0.1) is 6.92 Å². The average Bonchev–Trinajstić information content (AvgIpc) is 2.92. The summed E-state index contributed by atoms with van der Waals surface area (Å²) in [5, 5.41) is 9.85. The molecular weight excluding hydrogens is 340 g/mol. The summed E-state index contributed by atoms with van der Waals surface area (Å²) < 4.78 is 23.2. The van der Waals surface area contributed by atoms with Gasteiger partial charge in [-0.25, -0.2) is 13.4 Å². The van der Waals surface area contributed by atoms with E-state index in [2.05, 4.69) is 20.5 Å². The fourth-order valence-electron chi connectivity index (χ4n) is 3.15. The van der Waals surface area contributed by atoms with Crippen molar-refractivity contribution in [3.63, 3.8) is 0 Å². The highest BCUT2D eigenvalue weighted by molar-refractivity contribution is 7.90. The number of carbonyl (C=O) groups is 1. The Morgan fingerprint density at radius 2 is 1.92 bits per heavy atom. The van der Waals surface area contributed by atoms with E-state index in [1.807, 2.05) is 13.8 Å². The van der Waals surface area contributed by atoms with Crippen LogP contribution < -0.4 is 5.32 Å². The van der Waals surface area contributed by atoms with Crippen molar-refractivity contribution in [1.82, 2.24) is 20.5 Å². The van der Waals surface area contributed by atoms with Crippen molar-refractivity contribution in [3.8, 4) is 0 Å². The van der Waals surface area contributed by atoms with E-state index in [4.69, 9.17) is 0 Å². The van der Waals surface area contributed by atoms with E-state index in [-0.39, 0.29) is 16.8 Å². The van der Waals surface area contributed by atoms with Crippen LogP contribution in [0.4, 0.5) is 0 Å². The Kier molecular flexibility index (Phi) is 4.40. The number of hydrogen-bond acceptors (Lipinski definition) is 5. The quantitative estimate of drug-likeness (QED) is 0.844. The molecule has 0 aliphatic heterocycles. The van der Waals surface area contributed by atoms with Gasteiger partial charge in [-0.15, -0.1) is 0 Å². The van der Waals surface area contributed by atoms with E-state index in [0.29, 0.717) is 11.6 Å². The van der Waals surface area contributed by atoms with Gasteiger partial charge in [-0.1, -0.05) is 18.6 Å². The third-order valence-corrected chi connectivity index (χ3v) is 5.95. The van der Waals surface area contributed by atoms with Crippen LogP contribution in [0.5, 0.6) is 0 Å². The first-order chi connectivity index (χ1) is 11.7. The normalized spacial score (nSPS) is 17.6. The Balaban J connectivity index is 1.81. The van der Waals surface area contributed by atoms with Crippen LogP contribution in [-0.4, -0.2) is 35.8 Å². The third-order valence-electron chi connectivity index (χ3n) is 4.83. The predicted octanol–water partition coefficient (Wildman–Crippen LogP) is 1.82. The molecule has 0 unspecified atom stereocenters. The molecule has 1 aromatic carbocycles. The number of sulfone groups is 1. The van der Waals surface area contributed by atoms with Crippen LogP contribution in [0.25, 0.3) is 0 Å². The first-order valence-electron chi connectivity index (χ1n) is 8.23.